The summed E-state index contributed by atoms with van der Waals surface area (Å²) < 4.78 is 0. The summed E-state index contributed by atoms with van der Waals surface area (Å²) >= 11 is 5.87. The molecule has 2 N–H and O–H groups in total. The van der Waals surface area contributed by atoms with E-state index in [9.17, 15) is 19.5 Å². The first-order valence-electron chi connectivity index (χ1n) is 11.4. The summed E-state index contributed by atoms with van der Waals surface area (Å²) in [5, 5.41) is 13.7. The maximum atomic E-state index is 12.8. The predicted molar refractivity (Wildman–Crippen MR) is 121 cm³/mol. The zero-order valence-electron chi connectivity index (χ0n) is 18.4. The lowest BCUT2D eigenvalue weighted by atomic mass is 9.90. The van der Waals surface area contributed by atoms with Crippen LogP contribution in [0.15, 0.2) is 24.3 Å². The molecule has 1 saturated carbocycles. The summed E-state index contributed by atoms with van der Waals surface area (Å²) in [7, 11) is 0. The van der Waals surface area contributed by atoms with Crippen LogP contribution in [0, 0.1) is 5.41 Å². The number of hydrogen-bond acceptors (Lipinski definition) is 4. The molecule has 2 heterocycles. The molecule has 2 atom stereocenters. The minimum atomic E-state index is -0.571. The lowest BCUT2D eigenvalue weighted by Crippen LogP contribution is -2.58. The van der Waals surface area contributed by atoms with Gasteiger partial charge in [0, 0.05) is 49.9 Å². The van der Waals surface area contributed by atoms with Crippen molar-refractivity contribution in [3.05, 3.63) is 29.3 Å². The van der Waals surface area contributed by atoms with Gasteiger partial charge in [-0.15, -0.1) is 0 Å². The second kappa shape index (κ2) is 9.27. The molecule has 0 aromatic heterocycles. The summed E-state index contributed by atoms with van der Waals surface area (Å²) in [6.07, 6.45) is 3.55. The molecule has 8 nitrogen and oxygen atoms in total. The highest BCUT2D eigenvalue weighted by Gasteiger charge is 2.51. The van der Waals surface area contributed by atoms with Crippen LogP contribution in [0.1, 0.15) is 39.0 Å². The number of hydrogen-bond donors (Lipinski definition) is 2. The molecule has 9 heteroatoms. The number of β-amino-alcohol motifs (C(OH)–C–C–N with tert-alkyl or cyclic N) is 1. The summed E-state index contributed by atoms with van der Waals surface area (Å²) in [6.45, 7) is 4.23. The van der Waals surface area contributed by atoms with E-state index in [0.29, 0.717) is 56.3 Å². The Morgan fingerprint density at radius 1 is 1.16 bits per heavy atom. The largest absolute Gasteiger partial charge is 0.391 e. The third kappa shape index (κ3) is 4.86. The zero-order valence-corrected chi connectivity index (χ0v) is 19.2. The number of halogens is 1. The molecular weight excluding hydrogens is 432 g/mol. The minimum absolute atomic E-state index is 0.0426. The number of urea groups is 1. The Morgan fingerprint density at radius 2 is 1.88 bits per heavy atom. The smallest absolute Gasteiger partial charge is 0.322 e. The molecule has 2 unspecified atom stereocenters. The highest BCUT2D eigenvalue weighted by atomic mass is 35.5. The maximum Gasteiger partial charge on any atom is 0.322 e. The monoisotopic (exact) mass is 462 g/mol. The second-order valence-electron chi connectivity index (χ2n) is 9.20. The molecule has 0 radical (unpaired) electrons. The Bertz CT molecular complexity index is 873. The van der Waals surface area contributed by atoms with Gasteiger partial charge in [-0.3, -0.25) is 9.59 Å². The quantitative estimate of drug-likeness (QED) is 0.703. The number of carbonyl (C=O) groups is 3. The highest BCUT2D eigenvalue weighted by Crippen LogP contribution is 2.53. The first-order chi connectivity index (χ1) is 15.3. The first kappa shape index (κ1) is 22.9. The van der Waals surface area contributed by atoms with Crippen molar-refractivity contribution in [2.75, 3.05) is 38.0 Å². The average molecular weight is 463 g/mol. The van der Waals surface area contributed by atoms with E-state index in [2.05, 4.69) is 5.32 Å². The van der Waals surface area contributed by atoms with Gasteiger partial charge in [0.2, 0.25) is 11.8 Å². The summed E-state index contributed by atoms with van der Waals surface area (Å²) in [5.74, 6) is -0.0694. The summed E-state index contributed by atoms with van der Waals surface area (Å²) in [4.78, 5) is 43.0. The van der Waals surface area contributed by atoms with Gasteiger partial charge in [-0.1, -0.05) is 11.6 Å². The van der Waals surface area contributed by atoms with Gasteiger partial charge >= 0.3 is 6.03 Å². The van der Waals surface area contributed by atoms with Crippen LogP contribution in [0.25, 0.3) is 0 Å². The Morgan fingerprint density at radius 3 is 2.53 bits per heavy atom. The molecule has 4 rings (SSSR count). The predicted octanol–water partition coefficient (Wildman–Crippen LogP) is 2.56. The molecule has 2 aliphatic heterocycles. The lowest BCUT2D eigenvalue weighted by Gasteiger charge is -2.39. The van der Waals surface area contributed by atoms with Crippen LogP contribution in [-0.2, 0) is 9.59 Å². The average Bonchev–Trinajstić information content (AvgIpc) is 3.55. The van der Waals surface area contributed by atoms with Crippen LogP contribution in [0.5, 0.6) is 0 Å². The number of anilines is 1. The number of rotatable bonds is 5. The van der Waals surface area contributed by atoms with E-state index in [1.165, 1.54) is 4.90 Å². The van der Waals surface area contributed by atoms with E-state index in [1.807, 2.05) is 0 Å². The van der Waals surface area contributed by atoms with Gasteiger partial charge < -0.3 is 25.1 Å². The molecule has 1 spiro atoms. The molecular formula is C23H31ClN4O4. The number of benzene rings is 1. The molecule has 174 valence electrons. The van der Waals surface area contributed by atoms with Crippen LogP contribution < -0.4 is 5.32 Å². The van der Waals surface area contributed by atoms with Crippen LogP contribution >= 0.6 is 11.6 Å². The fourth-order valence-corrected chi connectivity index (χ4v) is 4.85. The third-order valence-corrected chi connectivity index (χ3v) is 7.40. The number of nitrogens with zero attached hydrogens (tertiary/aromatic N) is 3. The van der Waals surface area contributed by atoms with Gasteiger partial charge in [-0.25, -0.2) is 4.79 Å². The van der Waals surface area contributed by atoms with E-state index in [1.54, 1.807) is 41.0 Å². The minimum Gasteiger partial charge on any atom is -0.391 e. The van der Waals surface area contributed by atoms with E-state index >= 15 is 0 Å². The van der Waals surface area contributed by atoms with Gasteiger partial charge in [0.05, 0.1) is 6.10 Å². The lowest BCUT2D eigenvalue weighted by molar-refractivity contribution is -0.140. The van der Waals surface area contributed by atoms with E-state index in [4.69, 9.17) is 11.6 Å². The number of likely N-dealkylation sites (tertiary alicyclic amines) is 1. The number of piperazine rings is 1. The number of nitrogens with one attached hydrogen (secondary N) is 1. The Kier molecular flexibility index (Phi) is 6.62. The molecule has 32 heavy (non-hydrogen) atoms. The van der Waals surface area contributed by atoms with E-state index in [0.717, 1.165) is 19.3 Å². The molecule has 0 bridgehead atoms. The number of carbonyl (C=O) groups excluding carboxylic acids is 3. The van der Waals surface area contributed by atoms with Crippen molar-refractivity contribution in [2.24, 2.45) is 5.41 Å². The van der Waals surface area contributed by atoms with Crippen molar-refractivity contribution in [3.8, 4) is 0 Å². The van der Waals surface area contributed by atoms with Crippen molar-refractivity contribution in [3.63, 3.8) is 0 Å². The molecule has 1 aromatic rings. The molecule has 2 saturated heterocycles. The van der Waals surface area contributed by atoms with Gasteiger partial charge in [-0.2, -0.15) is 0 Å². The van der Waals surface area contributed by atoms with Crippen LogP contribution in [0.4, 0.5) is 10.5 Å². The van der Waals surface area contributed by atoms with Gasteiger partial charge in [-0.05, 0) is 62.3 Å². The fourth-order valence-electron chi connectivity index (χ4n) is 4.73. The topological polar surface area (TPSA) is 93.2 Å². The van der Waals surface area contributed by atoms with Gasteiger partial charge in [0.25, 0.3) is 0 Å². The second-order valence-corrected chi connectivity index (χ2v) is 9.64. The standard InChI is InChI=1S/C23H31ClN4O4/c1-16-21(31)26(13-14-28(16)22(32)25-18-6-4-17(24)5-7-18)11-2-3-20(30)27-12-10-23(8-9-23)19(29)15-27/h4-7,16,19,29H,2-3,8-15H2,1H3,(H,25,32). The highest BCUT2D eigenvalue weighted by molar-refractivity contribution is 6.30. The van der Waals surface area contributed by atoms with E-state index < -0.39 is 12.1 Å². The zero-order chi connectivity index (χ0) is 22.9. The van der Waals surface area contributed by atoms with Crippen molar-refractivity contribution >= 4 is 35.1 Å². The van der Waals surface area contributed by atoms with Crippen LogP contribution in [0.3, 0.4) is 0 Å². The summed E-state index contributed by atoms with van der Waals surface area (Å²) in [5.41, 5.74) is 0.703. The van der Waals surface area contributed by atoms with Crippen molar-refractivity contribution in [1.29, 1.82) is 0 Å². The third-order valence-electron chi connectivity index (χ3n) is 7.15. The Hall–Kier alpha value is -2.32. The van der Waals surface area contributed by atoms with Gasteiger partial charge in [0.15, 0.2) is 0 Å². The first-order valence-corrected chi connectivity index (χ1v) is 11.7. The molecule has 1 aromatic carbocycles. The Labute approximate surface area is 193 Å². The number of amides is 4. The van der Waals surface area contributed by atoms with Crippen molar-refractivity contribution in [1.82, 2.24) is 14.7 Å². The Balaban J connectivity index is 1.21. The molecule has 3 aliphatic rings. The van der Waals surface area contributed by atoms with E-state index in [-0.39, 0.29) is 23.3 Å². The fraction of sp³-hybridized carbons (Fsp3) is 0.609. The maximum absolute atomic E-state index is 12.8. The van der Waals surface area contributed by atoms with Crippen molar-refractivity contribution < 1.29 is 19.5 Å². The molecule has 4 amide bonds. The number of aliphatic hydroxyl groups is 1. The van der Waals surface area contributed by atoms with Crippen LogP contribution in [-0.4, -0.2) is 82.5 Å². The van der Waals surface area contributed by atoms with Gasteiger partial charge in [0.1, 0.15) is 6.04 Å². The van der Waals surface area contributed by atoms with Crippen LogP contribution in [0.2, 0.25) is 5.02 Å². The van der Waals surface area contributed by atoms with Crippen molar-refractivity contribution in [2.45, 2.75) is 51.2 Å². The molecule has 3 fully saturated rings. The molecule has 1 aliphatic carbocycles. The number of aliphatic hydroxyl groups excluding tert-OH is 1. The SMILES string of the molecule is CC1C(=O)N(CCCC(=O)N2CCC3(CC3)C(O)C2)CCN1C(=O)Nc1ccc(Cl)cc1. The normalized spacial score (nSPS) is 24.6. The number of piperidine rings is 1. The summed E-state index contributed by atoms with van der Waals surface area (Å²) in [6, 6.07) is 5.93.